The highest BCUT2D eigenvalue weighted by molar-refractivity contribution is 8.14. The molecule has 2 rings (SSSR count). The largest absolute Gasteiger partial charge is 0.505 e. The second-order valence-corrected chi connectivity index (χ2v) is 5.31. The van der Waals surface area contributed by atoms with Gasteiger partial charge in [0.1, 0.15) is 27.8 Å². The van der Waals surface area contributed by atoms with E-state index in [4.69, 9.17) is 9.84 Å². The number of thioether (sulfide) groups is 1. The first-order chi connectivity index (χ1) is 8.96. The van der Waals surface area contributed by atoms with Gasteiger partial charge in [-0.1, -0.05) is 0 Å². The molecule has 19 heavy (non-hydrogen) atoms. The summed E-state index contributed by atoms with van der Waals surface area (Å²) in [4.78, 5) is 19.9. The minimum Gasteiger partial charge on any atom is -0.505 e. The van der Waals surface area contributed by atoms with Gasteiger partial charge in [0, 0.05) is 11.8 Å². The number of ketones is 1. The molecular formula is C12H14N2O4S. The Hall–Kier alpha value is -1.60. The van der Waals surface area contributed by atoms with E-state index in [2.05, 4.69) is 9.98 Å². The maximum atomic E-state index is 11.5. The molecule has 1 aliphatic heterocycles. The number of rotatable bonds is 4. The molecule has 0 aromatic carbocycles. The van der Waals surface area contributed by atoms with Crippen molar-refractivity contribution in [2.75, 3.05) is 12.5 Å². The number of hydrogen-bond donors (Lipinski definition) is 2. The molecule has 1 aromatic rings. The molecule has 0 amide bonds. The molecule has 0 unspecified atom stereocenters. The van der Waals surface area contributed by atoms with E-state index < -0.39 is 12.3 Å². The minimum atomic E-state index is -0.756. The summed E-state index contributed by atoms with van der Waals surface area (Å²) in [5, 5.41) is 19.0. The molecule has 7 heteroatoms. The predicted molar refractivity (Wildman–Crippen MR) is 71.7 cm³/mol. The molecular weight excluding hydrogens is 268 g/mol. The van der Waals surface area contributed by atoms with Crippen LogP contribution in [0.2, 0.25) is 0 Å². The van der Waals surface area contributed by atoms with Gasteiger partial charge in [-0.05, 0) is 13.8 Å². The number of Topliss-reactive ketones (excluding diaryl/α,β-unsaturated/α-hetero) is 1. The fourth-order valence-corrected chi connectivity index (χ4v) is 2.80. The highest BCUT2D eigenvalue weighted by atomic mass is 32.2. The zero-order chi connectivity index (χ0) is 14.0. The van der Waals surface area contributed by atoms with Gasteiger partial charge in [0.25, 0.3) is 0 Å². The fraction of sp³-hybridized carbons (Fsp3) is 0.417. The van der Waals surface area contributed by atoms with E-state index in [1.807, 2.05) is 0 Å². The van der Waals surface area contributed by atoms with Crippen LogP contribution in [-0.2, 0) is 4.79 Å². The van der Waals surface area contributed by atoms with E-state index in [1.165, 1.54) is 30.9 Å². The van der Waals surface area contributed by atoms with Gasteiger partial charge < -0.3 is 14.9 Å². The Morgan fingerprint density at radius 2 is 2.37 bits per heavy atom. The maximum absolute atomic E-state index is 11.5. The number of nitrogens with zero attached hydrogens (tertiary/aromatic N) is 2. The van der Waals surface area contributed by atoms with Crippen LogP contribution in [0.3, 0.4) is 0 Å². The summed E-state index contributed by atoms with van der Waals surface area (Å²) < 4.78 is 4.82. The molecule has 0 spiro atoms. The highest BCUT2D eigenvalue weighted by Gasteiger charge is 2.36. The van der Waals surface area contributed by atoms with Gasteiger partial charge in [0.05, 0.1) is 6.20 Å². The minimum absolute atomic E-state index is 0.0188. The monoisotopic (exact) mass is 282 g/mol. The Morgan fingerprint density at radius 1 is 1.63 bits per heavy atom. The molecule has 1 aromatic heterocycles. The lowest BCUT2D eigenvalue weighted by molar-refractivity contribution is -0.120. The van der Waals surface area contributed by atoms with E-state index in [9.17, 15) is 9.90 Å². The first-order valence-electron chi connectivity index (χ1n) is 5.63. The fourth-order valence-electron chi connectivity index (χ4n) is 1.55. The lowest BCUT2D eigenvalue weighted by atomic mass is 10.0. The molecule has 1 atom stereocenters. The number of ether oxygens (including phenoxy) is 1. The maximum Gasteiger partial charge on any atom is 0.186 e. The summed E-state index contributed by atoms with van der Waals surface area (Å²) in [6.07, 6.45) is 1.39. The Bertz CT molecular complexity index is 547. The zero-order valence-corrected chi connectivity index (χ0v) is 11.4. The van der Waals surface area contributed by atoms with E-state index in [1.54, 1.807) is 6.92 Å². The molecule has 1 aliphatic rings. The zero-order valence-electron chi connectivity index (χ0n) is 10.6. The van der Waals surface area contributed by atoms with Crippen LogP contribution in [0.4, 0.5) is 0 Å². The molecule has 6 nitrogen and oxygen atoms in total. The SMILES string of the molecule is CC(=O)[C@@]1(C)CSC(c2ncc(OCO)cc2O)=N1. The normalized spacial score (nSPS) is 22.2. The molecule has 0 aliphatic carbocycles. The van der Waals surface area contributed by atoms with Gasteiger partial charge in [-0.25, -0.2) is 4.98 Å². The third-order valence-electron chi connectivity index (χ3n) is 2.87. The number of carbonyl (C=O) groups excluding carboxylic acids is 1. The number of aromatic hydroxyl groups is 1. The summed E-state index contributed by atoms with van der Waals surface area (Å²) in [6, 6.07) is 1.35. The third-order valence-corrected chi connectivity index (χ3v) is 4.14. The number of aromatic nitrogens is 1. The van der Waals surface area contributed by atoms with Gasteiger partial charge in [0.2, 0.25) is 0 Å². The van der Waals surface area contributed by atoms with Crippen LogP contribution in [0.15, 0.2) is 17.3 Å². The van der Waals surface area contributed by atoms with Gasteiger partial charge in [-0.2, -0.15) is 0 Å². The van der Waals surface area contributed by atoms with Crippen molar-refractivity contribution < 1.29 is 19.7 Å². The molecule has 0 saturated heterocycles. The topological polar surface area (TPSA) is 92.0 Å². The number of hydrogen-bond acceptors (Lipinski definition) is 7. The van der Waals surface area contributed by atoms with Crippen LogP contribution in [0.25, 0.3) is 0 Å². The number of carbonyl (C=O) groups is 1. The number of aliphatic imine (C=N–C) groups is 1. The molecule has 2 heterocycles. The average Bonchev–Trinajstić information content (AvgIpc) is 2.74. The van der Waals surface area contributed by atoms with Gasteiger partial charge >= 0.3 is 0 Å². The Balaban J connectivity index is 2.31. The van der Waals surface area contributed by atoms with Crippen LogP contribution in [0.5, 0.6) is 11.5 Å². The van der Waals surface area contributed by atoms with Gasteiger partial charge in [0.15, 0.2) is 12.6 Å². The Kier molecular flexibility index (Phi) is 3.77. The molecule has 102 valence electrons. The van der Waals surface area contributed by atoms with E-state index in [0.717, 1.165) is 0 Å². The van der Waals surface area contributed by atoms with E-state index >= 15 is 0 Å². The van der Waals surface area contributed by atoms with Crippen molar-refractivity contribution in [1.29, 1.82) is 0 Å². The van der Waals surface area contributed by atoms with Crippen molar-refractivity contribution in [3.63, 3.8) is 0 Å². The first-order valence-corrected chi connectivity index (χ1v) is 6.61. The van der Waals surface area contributed by atoms with Crippen molar-refractivity contribution in [3.8, 4) is 11.5 Å². The lowest BCUT2D eigenvalue weighted by Gasteiger charge is -2.13. The number of aliphatic hydroxyl groups is 1. The summed E-state index contributed by atoms with van der Waals surface area (Å²) >= 11 is 1.38. The van der Waals surface area contributed by atoms with Crippen molar-refractivity contribution in [1.82, 2.24) is 4.98 Å². The highest BCUT2D eigenvalue weighted by Crippen LogP contribution is 2.34. The van der Waals surface area contributed by atoms with Crippen LogP contribution in [0.1, 0.15) is 19.5 Å². The Labute approximate surface area is 114 Å². The van der Waals surface area contributed by atoms with Gasteiger partial charge in [-0.3, -0.25) is 9.79 Å². The standard InChI is InChI=1S/C12H14N2O4S/c1-7(16)12(2)5-19-11(14-12)10-9(17)3-8(4-13-10)18-6-15/h3-4,15,17H,5-6H2,1-2H3/t12-/m1/s1. The van der Waals surface area contributed by atoms with Crippen molar-refractivity contribution in [3.05, 3.63) is 18.0 Å². The van der Waals surface area contributed by atoms with Crippen LogP contribution in [-0.4, -0.2) is 44.1 Å². The summed E-state index contributed by atoms with van der Waals surface area (Å²) in [5.74, 6) is 0.689. The molecule has 0 bridgehead atoms. The Morgan fingerprint density at radius 3 is 2.89 bits per heavy atom. The second kappa shape index (κ2) is 5.18. The molecule has 0 radical (unpaired) electrons. The van der Waals surface area contributed by atoms with Gasteiger partial charge in [-0.15, -0.1) is 11.8 Å². The summed E-state index contributed by atoms with van der Waals surface area (Å²) in [6.45, 7) is 2.77. The molecule has 0 saturated carbocycles. The average molecular weight is 282 g/mol. The summed E-state index contributed by atoms with van der Waals surface area (Å²) in [7, 11) is 0. The first kappa shape index (κ1) is 13.8. The lowest BCUT2D eigenvalue weighted by Crippen LogP contribution is -2.31. The van der Waals surface area contributed by atoms with E-state index in [-0.39, 0.29) is 17.3 Å². The van der Waals surface area contributed by atoms with Crippen molar-refractivity contribution >= 4 is 22.6 Å². The van der Waals surface area contributed by atoms with Crippen LogP contribution in [0, 0.1) is 0 Å². The van der Waals surface area contributed by atoms with Crippen molar-refractivity contribution in [2.24, 2.45) is 4.99 Å². The molecule has 0 fully saturated rings. The number of pyridine rings is 1. The smallest absolute Gasteiger partial charge is 0.186 e. The quantitative estimate of drug-likeness (QED) is 0.799. The molecule has 2 N–H and O–H groups in total. The van der Waals surface area contributed by atoms with Crippen molar-refractivity contribution in [2.45, 2.75) is 19.4 Å². The van der Waals surface area contributed by atoms with Crippen LogP contribution >= 0.6 is 11.8 Å². The van der Waals surface area contributed by atoms with E-state index in [0.29, 0.717) is 16.5 Å². The summed E-state index contributed by atoms with van der Waals surface area (Å²) in [5.41, 5.74) is -0.436. The second-order valence-electron chi connectivity index (χ2n) is 4.35. The third kappa shape index (κ3) is 2.71. The predicted octanol–water partition coefficient (Wildman–Crippen LogP) is 0.957. The number of aliphatic hydroxyl groups excluding tert-OH is 1. The van der Waals surface area contributed by atoms with Crippen LogP contribution < -0.4 is 4.74 Å².